The molecule has 0 saturated carbocycles. The average Bonchev–Trinajstić information content (AvgIpc) is 3.46. The van der Waals surface area contributed by atoms with Gasteiger partial charge in [0.2, 0.25) is 6.54 Å². The number of fused-ring (bicyclic) bond motifs is 2. The Morgan fingerprint density at radius 2 is 1.91 bits per heavy atom. The minimum absolute atomic E-state index is 0.193. The number of nitrogens with zero attached hydrogens (tertiary/aromatic N) is 7. The molecule has 3 aliphatic heterocycles. The second-order valence-electron chi connectivity index (χ2n) is 13.5. The van der Waals surface area contributed by atoms with E-state index < -0.39 is 5.60 Å². The molecule has 1 aromatic heterocycles. The van der Waals surface area contributed by atoms with Crippen LogP contribution >= 0.6 is 0 Å². The molecule has 1 unspecified atom stereocenters. The highest BCUT2D eigenvalue weighted by Gasteiger charge is 2.37. The van der Waals surface area contributed by atoms with Gasteiger partial charge in [-0.05, 0) is 77.2 Å². The van der Waals surface area contributed by atoms with Crippen molar-refractivity contribution in [1.82, 2.24) is 19.8 Å². The van der Waals surface area contributed by atoms with E-state index in [0.29, 0.717) is 44.8 Å². The van der Waals surface area contributed by atoms with Gasteiger partial charge in [-0.2, -0.15) is 9.97 Å². The van der Waals surface area contributed by atoms with Gasteiger partial charge in [0.25, 0.3) is 0 Å². The largest absolute Gasteiger partial charge is 0.497 e. The van der Waals surface area contributed by atoms with E-state index >= 15 is 0 Å². The lowest BCUT2D eigenvalue weighted by Crippen LogP contribution is -2.57. The molecule has 6 rings (SSSR count). The molecule has 46 heavy (non-hydrogen) atoms. The SMILES string of the molecule is [C-]#[N+]CC1CN(c2nc(OC[C@@H]3CCCN3C)nc3c2CCN(c2cccc4ccc(OC)cc24)C3)CCN1C(=O)OC(C)(C)C. The molecule has 0 N–H and O–H groups in total. The van der Waals surface area contributed by atoms with Gasteiger partial charge in [-0.15, -0.1) is 0 Å². The van der Waals surface area contributed by atoms with Gasteiger partial charge in [-0.3, -0.25) is 4.90 Å². The third-order valence-electron chi connectivity index (χ3n) is 9.22. The minimum atomic E-state index is -0.608. The Morgan fingerprint density at radius 3 is 2.65 bits per heavy atom. The second-order valence-corrected chi connectivity index (χ2v) is 13.5. The first-order chi connectivity index (χ1) is 22.1. The number of hydrogen-bond donors (Lipinski definition) is 0. The zero-order valence-electron chi connectivity index (χ0n) is 27.7. The molecular weight excluding hydrogens is 582 g/mol. The summed E-state index contributed by atoms with van der Waals surface area (Å²) in [5.74, 6) is 1.67. The number of benzene rings is 2. The van der Waals surface area contributed by atoms with Crippen LogP contribution < -0.4 is 19.3 Å². The van der Waals surface area contributed by atoms with Crippen molar-refractivity contribution < 1.29 is 19.0 Å². The monoisotopic (exact) mass is 627 g/mol. The third-order valence-corrected chi connectivity index (χ3v) is 9.22. The average molecular weight is 628 g/mol. The number of aromatic nitrogens is 2. The van der Waals surface area contributed by atoms with Crippen molar-refractivity contribution >= 4 is 28.4 Å². The molecule has 1 amide bonds. The van der Waals surface area contributed by atoms with E-state index in [4.69, 9.17) is 30.8 Å². The van der Waals surface area contributed by atoms with Crippen LogP contribution in [0.2, 0.25) is 0 Å². The van der Waals surface area contributed by atoms with Crippen molar-refractivity contribution in [3.05, 3.63) is 59.1 Å². The lowest BCUT2D eigenvalue weighted by molar-refractivity contribution is 0.0155. The molecule has 0 aliphatic carbocycles. The highest BCUT2D eigenvalue weighted by Crippen LogP contribution is 2.36. The van der Waals surface area contributed by atoms with Crippen LogP contribution in [0.4, 0.5) is 16.3 Å². The van der Waals surface area contributed by atoms with Crippen LogP contribution in [0.25, 0.3) is 15.6 Å². The fraction of sp³-hybridized carbons (Fsp3) is 0.543. The summed E-state index contributed by atoms with van der Waals surface area (Å²) >= 11 is 0. The second kappa shape index (κ2) is 13.2. The number of likely N-dealkylation sites (tertiary alicyclic amines) is 1. The zero-order valence-corrected chi connectivity index (χ0v) is 27.7. The van der Waals surface area contributed by atoms with Crippen molar-refractivity contribution in [3.63, 3.8) is 0 Å². The zero-order chi connectivity index (χ0) is 32.4. The lowest BCUT2D eigenvalue weighted by Gasteiger charge is -2.41. The summed E-state index contributed by atoms with van der Waals surface area (Å²) in [6.45, 7) is 17.9. The Bertz CT molecular complexity index is 1620. The van der Waals surface area contributed by atoms with Crippen LogP contribution in [0.3, 0.4) is 0 Å². The summed E-state index contributed by atoms with van der Waals surface area (Å²) in [4.78, 5) is 35.4. The van der Waals surface area contributed by atoms with Gasteiger partial charge in [0.1, 0.15) is 29.8 Å². The molecular formula is C35H45N7O4. The number of rotatable bonds is 7. The summed E-state index contributed by atoms with van der Waals surface area (Å²) in [6.07, 6.45) is 2.64. The van der Waals surface area contributed by atoms with Crippen LogP contribution in [0.5, 0.6) is 11.8 Å². The summed E-state index contributed by atoms with van der Waals surface area (Å²) < 4.78 is 17.6. The van der Waals surface area contributed by atoms with Crippen LogP contribution in [-0.2, 0) is 17.7 Å². The number of amides is 1. The molecule has 244 valence electrons. The van der Waals surface area contributed by atoms with E-state index in [-0.39, 0.29) is 18.7 Å². The predicted octanol–water partition coefficient (Wildman–Crippen LogP) is 5.02. The van der Waals surface area contributed by atoms with Gasteiger partial charge >= 0.3 is 12.1 Å². The van der Waals surface area contributed by atoms with Gasteiger partial charge in [0, 0.05) is 48.9 Å². The smallest absolute Gasteiger partial charge is 0.410 e. The number of ether oxygens (including phenoxy) is 3. The number of anilines is 2. The number of likely N-dealkylation sites (N-methyl/N-ethyl adjacent to an activating group) is 1. The quantitative estimate of drug-likeness (QED) is 0.335. The van der Waals surface area contributed by atoms with Crippen LogP contribution in [-0.4, -0.2) is 104 Å². The molecule has 0 radical (unpaired) electrons. The number of carbonyl (C=O) groups excluding carboxylic acids is 1. The minimum Gasteiger partial charge on any atom is -0.497 e. The van der Waals surface area contributed by atoms with E-state index in [1.165, 1.54) is 0 Å². The Hall–Kier alpha value is -4.30. The van der Waals surface area contributed by atoms with E-state index in [1.807, 2.05) is 26.8 Å². The Morgan fingerprint density at radius 1 is 1.07 bits per heavy atom. The van der Waals surface area contributed by atoms with Crippen molar-refractivity contribution in [3.8, 4) is 11.8 Å². The maximum Gasteiger partial charge on any atom is 0.410 e. The summed E-state index contributed by atoms with van der Waals surface area (Å²) in [5.41, 5.74) is 2.58. The van der Waals surface area contributed by atoms with E-state index in [1.54, 1.807) is 12.0 Å². The van der Waals surface area contributed by atoms with Crippen LogP contribution in [0.1, 0.15) is 44.9 Å². The van der Waals surface area contributed by atoms with Gasteiger partial charge in [-0.25, -0.2) is 11.4 Å². The highest BCUT2D eigenvalue weighted by molar-refractivity contribution is 5.95. The third kappa shape index (κ3) is 6.77. The molecule has 2 aromatic carbocycles. The van der Waals surface area contributed by atoms with Gasteiger partial charge in [0.15, 0.2) is 0 Å². The first-order valence-electron chi connectivity index (χ1n) is 16.3. The topological polar surface area (TPSA) is 87.9 Å². The highest BCUT2D eigenvalue weighted by atomic mass is 16.6. The molecule has 11 heteroatoms. The lowest BCUT2D eigenvalue weighted by atomic mass is 10.0. The molecule has 0 bridgehead atoms. The molecule has 3 aromatic rings. The molecule has 3 aliphatic rings. The van der Waals surface area contributed by atoms with E-state index in [9.17, 15) is 4.79 Å². The first-order valence-corrected chi connectivity index (χ1v) is 16.3. The van der Waals surface area contributed by atoms with Crippen LogP contribution in [0.15, 0.2) is 36.4 Å². The van der Waals surface area contributed by atoms with Gasteiger partial charge < -0.3 is 33.8 Å². The van der Waals surface area contributed by atoms with E-state index in [0.717, 1.165) is 71.6 Å². The van der Waals surface area contributed by atoms with Crippen LogP contribution in [0, 0.1) is 6.57 Å². The molecule has 11 nitrogen and oxygen atoms in total. The fourth-order valence-corrected chi connectivity index (χ4v) is 6.79. The fourth-order valence-electron chi connectivity index (χ4n) is 6.79. The van der Waals surface area contributed by atoms with Gasteiger partial charge in [0.05, 0.1) is 19.3 Å². The summed E-state index contributed by atoms with van der Waals surface area (Å²) in [7, 11) is 3.83. The van der Waals surface area contributed by atoms with Crippen molar-refractivity contribution in [2.24, 2.45) is 0 Å². The van der Waals surface area contributed by atoms with Gasteiger partial charge in [-0.1, -0.05) is 18.2 Å². The number of methoxy groups -OCH3 is 1. The Labute approximate surface area is 271 Å². The standard InChI is InChI=1S/C35H45N7O4/c1-35(2,3)46-34(43)42-18-17-41(21-26(42)20-36-4)32-28-14-16-40(31-11-7-9-24-12-13-27(44-6)19-29(24)31)22-30(28)37-33(38-32)45-23-25-10-8-15-39(25)5/h7,9,11-13,19,25-26H,8,10,14-18,20-23H2,1-3,5-6H3/t25-,26?/m0/s1. The number of piperazine rings is 1. The summed E-state index contributed by atoms with van der Waals surface area (Å²) in [6, 6.07) is 13.0. The molecule has 2 saturated heterocycles. The van der Waals surface area contributed by atoms with Crippen molar-refractivity contribution in [1.29, 1.82) is 0 Å². The molecule has 4 heterocycles. The molecule has 0 spiro atoms. The van der Waals surface area contributed by atoms with E-state index in [2.05, 4.69) is 56.9 Å². The molecule has 2 fully saturated rings. The number of hydrogen-bond acceptors (Lipinski definition) is 9. The number of carbonyl (C=O) groups is 1. The maximum absolute atomic E-state index is 13.1. The van der Waals surface area contributed by atoms with Crippen molar-refractivity contribution in [2.45, 2.75) is 64.3 Å². The first kappa shape index (κ1) is 31.7. The normalized spacial score (nSPS) is 20.4. The maximum atomic E-state index is 13.1. The predicted molar refractivity (Wildman–Crippen MR) is 179 cm³/mol. The Balaban J connectivity index is 1.31. The van der Waals surface area contributed by atoms with Crippen molar-refractivity contribution in [2.75, 3.05) is 69.8 Å². The summed E-state index contributed by atoms with van der Waals surface area (Å²) in [5, 5.41) is 2.30. The molecule has 2 atom stereocenters. The Kier molecular flexibility index (Phi) is 9.09.